The summed E-state index contributed by atoms with van der Waals surface area (Å²) < 4.78 is 18.3. The van der Waals surface area contributed by atoms with E-state index in [4.69, 9.17) is 13.9 Å². The number of ether oxygens (including phenoxy) is 2. The van der Waals surface area contributed by atoms with Crippen LogP contribution in [0, 0.1) is 36.5 Å². The Balaban J connectivity index is 1.68. The molecule has 2 aliphatic carbocycles. The van der Waals surface area contributed by atoms with Crippen molar-refractivity contribution in [3.63, 3.8) is 0 Å². The second kappa shape index (κ2) is 6.39. The molecule has 0 aromatic carbocycles. The summed E-state index contributed by atoms with van der Waals surface area (Å²) in [6.45, 7) is 14.6. The Kier molecular flexibility index (Phi) is 4.30. The van der Waals surface area contributed by atoms with Gasteiger partial charge in [-0.15, -0.1) is 0 Å². The highest BCUT2D eigenvalue weighted by molar-refractivity contribution is 5.83. The van der Waals surface area contributed by atoms with Crippen molar-refractivity contribution >= 4 is 5.97 Å². The number of carbonyl (C=O) groups is 1. The Morgan fingerprint density at radius 3 is 2.44 bits per heavy atom. The van der Waals surface area contributed by atoms with Crippen molar-refractivity contribution in [2.24, 2.45) is 22.7 Å². The maximum atomic E-state index is 12.8. The van der Waals surface area contributed by atoms with Crippen molar-refractivity contribution in [3.05, 3.63) is 51.1 Å². The first kappa shape index (κ1) is 21.5. The summed E-state index contributed by atoms with van der Waals surface area (Å²) in [6.07, 6.45) is 9.33. The van der Waals surface area contributed by atoms with Crippen molar-refractivity contribution in [1.29, 1.82) is 0 Å². The third-order valence-electron chi connectivity index (χ3n) is 9.56. The standard InChI is InChI=1S/C27H34O5/c1-15-8-9-20-25(6)12-11-21(28)31-24(4,5)19(25)10-13-26(20,7)27(15)14-18-22(32-27)16(2)17(3)30-23(18)29/h8,11-12,19-20H,9-10,13-14H2,1-7H3/t19-,20+,25-,26+,27-/m0/s1. The quantitative estimate of drug-likeness (QED) is 0.411. The minimum absolute atomic E-state index is 0.206. The summed E-state index contributed by atoms with van der Waals surface area (Å²) in [7, 11) is 0. The van der Waals surface area contributed by atoms with Crippen molar-refractivity contribution in [2.45, 2.75) is 85.4 Å². The zero-order valence-electron chi connectivity index (χ0n) is 20.3. The summed E-state index contributed by atoms with van der Waals surface area (Å²) in [4.78, 5) is 25.2. The van der Waals surface area contributed by atoms with Crippen LogP contribution in [0.1, 0.15) is 70.8 Å². The molecule has 1 aromatic heterocycles. The second-order valence-electron chi connectivity index (χ2n) is 11.4. The number of fused-ring (bicyclic) bond motifs is 5. The predicted octanol–water partition coefficient (Wildman–Crippen LogP) is 5.21. The molecule has 0 saturated heterocycles. The number of aryl methyl sites for hydroxylation is 1. The van der Waals surface area contributed by atoms with E-state index in [0.29, 0.717) is 23.5 Å². The van der Waals surface area contributed by atoms with Crippen LogP contribution in [0.5, 0.6) is 5.75 Å². The van der Waals surface area contributed by atoms with E-state index in [1.54, 1.807) is 6.08 Å². The molecule has 32 heavy (non-hydrogen) atoms. The summed E-state index contributed by atoms with van der Waals surface area (Å²) in [5.74, 6) is 1.50. The van der Waals surface area contributed by atoms with Gasteiger partial charge in [-0.2, -0.15) is 0 Å². The van der Waals surface area contributed by atoms with E-state index in [-0.39, 0.29) is 34.3 Å². The highest BCUT2D eigenvalue weighted by atomic mass is 16.6. The topological polar surface area (TPSA) is 65.7 Å². The van der Waals surface area contributed by atoms with E-state index in [9.17, 15) is 9.59 Å². The van der Waals surface area contributed by atoms with Crippen molar-refractivity contribution < 1.29 is 18.7 Å². The lowest BCUT2D eigenvalue weighted by Gasteiger charge is -2.63. The minimum Gasteiger partial charge on any atom is -0.481 e. The third kappa shape index (κ3) is 2.51. The lowest BCUT2D eigenvalue weighted by molar-refractivity contribution is -0.181. The summed E-state index contributed by atoms with van der Waals surface area (Å²) in [5, 5.41) is 0. The number of hydrogen-bond donors (Lipinski definition) is 0. The van der Waals surface area contributed by atoms with Crippen LogP contribution in [-0.4, -0.2) is 17.2 Å². The SMILES string of the molecule is CC1=CC[C@@H]2[C@@]3(C)C=CC(=O)OC(C)(C)[C@@H]3CC[C@@]2(C)[C@]12Cc1c(c(C)c(C)oc1=O)O2. The molecule has 172 valence electrons. The Labute approximate surface area is 189 Å². The molecule has 0 N–H and O–H groups in total. The molecular formula is C27H34O5. The van der Waals surface area contributed by atoms with Gasteiger partial charge in [-0.3, -0.25) is 0 Å². The predicted molar refractivity (Wildman–Crippen MR) is 122 cm³/mol. The van der Waals surface area contributed by atoms with Crippen molar-refractivity contribution in [1.82, 2.24) is 0 Å². The maximum Gasteiger partial charge on any atom is 0.343 e. The van der Waals surface area contributed by atoms with E-state index in [1.807, 2.05) is 27.7 Å². The third-order valence-corrected chi connectivity index (χ3v) is 9.56. The van der Waals surface area contributed by atoms with Gasteiger partial charge in [0, 0.05) is 29.4 Å². The van der Waals surface area contributed by atoms with Gasteiger partial charge in [-0.1, -0.05) is 26.0 Å². The fraction of sp³-hybridized carbons (Fsp3) is 0.630. The largest absolute Gasteiger partial charge is 0.481 e. The molecule has 0 radical (unpaired) electrons. The van der Waals surface area contributed by atoms with Gasteiger partial charge in [0.05, 0.1) is 5.56 Å². The maximum absolute atomic E-state index is 12.8. The first-order valence-electron chi connectivity index (χ1n) is 11.8. The first-order chi connectivity index (χ1) is 14.9. The van der Waals surface area contributed by atoms with Crippen LogP contribution in [0.4, 0.5) is 0 Å². The second-order valence-corrected chi connectivity index (χ2v) is 11.4. The molecule has 1 spiro atoms. The highest BCUT2D eigenvalue weighted by Crippen LogP contribution is 2.68. The Bertz CT molecular complexity index is 1140. The molecule has 5 atom stereocenters. The van der Waals surface area contributed by atoms with E-state index in [2.05, 4.69) is 32.9 Å². The van der Waals surface area contributed by atoms with Gasteiger partial charge >= 0.3 is 11.6 Å². The molecule has 1 saturated carbocycles. The van der Waals surface area contributed by atoms with E-state index in [0.717, 1.165) is 24.8 Å². The minimum atomic E-state index is -0.589. The number of esters is 1. The lowest BCUT2D eigenvalue weighted by atomic mass is 9.42. The van der Waals surface area contributed by atoms with Crippen LogP contribution in [-0.2, 0) is 16.0 Å². The average molecular weight is 439 g/mol. The summed E-state index contributed by atoms with van der Waals surface area (Å²) >= 11 is 0. The van der Waals surface area contributed by atoms with Crippen molar-refractivity contribution in [2.75, 3.05) is 0 Å². The Morgan fingerprint density at radius 1 is 1.00 bits per heavy atom. The van der Waals surface area contributed by atoms with Crippen molar-refractivity contribution in [3.8, 4) is 5.75 Å². The first-order valence-corrected chi connectivity index (χ1v) is 11.8. The Hall–Kier alpha value is -2.30. The van der Waals surface area contributed by atoms with Gasteiger partial charge < -0.3 is 13.9 Å². The molecule has 1 aromatic rings. The molecule has 5 nitrogen and oxygen atoms in total. The van der Waals surface area contributed by atoms with E-state index in [1.165, 1.54) is 5.57 Å². The van der Waals surface area contributed by atoms with E-state index < -0.39 is 11.2 Å². The molecule has 3 heterocycles. The smallest absolute Gasteiger partial charge is 0.343 e. The lowest BCUT2D eigenvalue weighted by Crippen LogP contribution is -2.65. The number of allylic oxidation sites excluding steroid dienone is 2. The molecule has 4 aliphatic rings. The normalized spacial score (nSPS) is 39.3. The number of rotatable bonds is 0. The number of hydrogen-bond acceptors (Lipinski definition) is 5. The summed E-state index contributed by atoms with van der Waals surface area (Å²) in [6, 6.07) is 0. The molecule has 0 amide bonds. The number of cyclic esters (lactones) is 1. The van der Waals surface area contributed by atoms with Gasteiger partial charge in [0.1, 0.15) is 22.7 Å². The van der Waals surface area contributed by atoms with Crippen LogP contribution in [0.15, 0.2) is 33.0 Å². The fourth-order valence-corrected chi connectivity index (χ4v) is 7.75. The molecule has 5 rings (SSSR count). The van der Waals surface area contributed by atoms with E-state index >= 15 is 0 Å². The Morgan fingerprint density at radius 2 is 1.72 bits per heavy atom. The zero-order valence-corrected chi connectivity index (χ0v) is 20.3. The molecule has 5 heteroatoms. The monoisotopic (exact) mass is 438 g/mol. The molecule has 2 aliphatic heterocycles. The van der Waals surface area contributed by atoms with Gasteiger partial charge in [0.2, 0.25) is 0 Å². The van der Waals surface area contributed by atoms with Gasteiger partial charge in [-0.05, 0) is 70.8 Å². The van der Waals surface area contributed by atoms with Crippen LogP contribution < -0.4 is 10.4 Å². The van der Waals surface area contributed by atoms with Gasteiger partial charge in [0.15, 0.2) is 0 Å². The van der Waals surface area contributed by atoms with Gasteiger partial charge in [-0.25, -0.2) is 9.59 Å². The van der Waals surface area contributed by atoms with Gasteiger partial charge in [0.25, 0.3) is 0 Å². The van der Waals surface area contributed by atoms with Crippen LogP contribution in [0.2, 0.25) is 0 Å². The summed E-state index contributed by atoms with van der Waals surface area (Å²) in [5.41, 5.74) is 0.887. The fourth-order valence-electron chi connectivity index (χ4n) is 7.75. The molecule has 1 fully saturated rings. The van der Waals surface area contributed by atoms with Crippen LogP contribution >= 0.6 is 0 Å². The molecule has 0 unspecified atom stereocenters. The number of carbonyl (C=O) groups excluding carboxylic acids is 1. The molecular weight excluding hydrogens is 404 g/mol. The molecule has 0 bridgehead atoms. The van der Waals surface area contributed by atoms with Crippen LogP contribution in [0.3, 0.4) is 0 Å². The highest BCUT2D eigenvalue weighted by Gasteiger charge is 2.68. The zero-order chi connectivity index (χ0) is 23.3. The average Bonchev–Trinajstić information content (AvgIpc) is 3.08. The van der Waals surface area contributed by atoms with Crippen LogP contribution in [0.25, 0.3) is 0 Å².